The van der Waals surface area contributed by atoms with Gasteiger partial charge >= 0.3 is 0 Å². The molecule has 4 nitrogen and oxygen atoms in total. The zero-order chi connectivity index (χ0) is 11.8. The van der Waals surface area contributed by atoms with Crippen LogP contribution in [-0.4, -0.2) is 46.3 Å². The maximum atomic E-state index is 11.8. The Balaban J connectivity index is 2.52. The van der Waals surface area contributed by atoms with Crippen LogP contribution in [0.2, 0.25) is 0 Å². The van der Waals surface area contributed by atoms with E-state index in [1.807, 2.05) is 0 Å². The molecule has 0 saturated carbocycles. The Bertz CT molecular complexity index is 419. The van der Waals surface area contributed by atoms with Gasteiger partial charge in [0.25, 0.3) is 0 Å². The van der Waals surface area contributed by atoms with Crippen LogP contribution in [0.3, 0.4) is 0 Å². The Kier molecular flexibility index (Phi) is 2.70. The summed E-state index contributed by atoms with van der Waals surface area (Å²) in [5.74, 6) is 0.376. The molecule has 0 bridgehead atoms. The monoisotopic (exact) mass is 208 g/mol. The van der Waals surface area contributed by atoms with Crippen LogP contribution >= 0.6 is 0 Å². The standard InChI is InChI=1S/C9H7B3N2O2/c10-9(11,12)14-7(15)3-5-16-6-2-1-4-13-8(6)14/h1-2,4H,3,5H2. The fourth-order valence-electron chi connectivity index (χ4n) is 1.54. The fourth-order valence-corrected chi connectivity index (χ4v) is 1.54. The molecule has 2 heterocycles. The Morgan fingerprint density at radius 2 is 2.19 bits per heavy atom. The Morgan fingerprint density at radius 1 is 1.44 bits per heavy atom. The molecule has 16 heavy (non-hydrogen) atoms. The molecule has 1 aliphatic heterocycles. The molecule has 0 fully saturated rings. The van der Waals surface area contributed by atoms with Crippen molar-refractivity contribution in [2.75, 3.05) is 11.5 Å². The van der Waals surface area contributed by atoms with Crippen LogP contribution < -0.4 is 9.64 Å². The summed E-state index contributed by atoms with van der Waals surface area (Å²) >= 11 is 0. The van der Waals surface area contributed by atoms with Crippen molar-refractivity contribution in [3.63, 3.8) is 0 Å². The van der Waals surface area contributed by atoms with Crippen LogP contribution in [0, 0.1) is 0 Å². The summed E-state index contributed by atoms with van der Waals surface area (Å²) in [5, 5.41) is -1.78. The minimum Gasteiger partial charge on any atom is -0.489 e. The third kappa shape index (κ3) is 1.94. The van der Waals surface area contributed by atoms with E-state index in [2.05, 4.69) is 4.98 Å². The number of fused-ring (bicyclic) bond motifs is 1. The van der Waals surface area contributed by atoms with Crippen molar-refractivity contribution in [1.29, 1.82) is 0 Å². The molecule has 1 amide bonds. The van der Waals surface area contributed by atoms with Crippen LogP contribution in [0.15, 0.2) is 18.3 Å². The molecule has 1 aromatic heterocycles. The number of rotatable bonds is 1. The van der Waals surface area contributed by atoms with Gasteiger partial charge in [-0.2, -0.15) is 0 Å². The van der Waals surface area contributed by atoms with Crippen molar-refractivity contribution in [2.45, 2.75) is 11.7 Å². The topological polar surface area (TPSA) is 42.4 Å². The van der Waals surface area contributed by atoms with Gasteiger partial charge in [0, 0.05) is 6.20 Å². The molecule has 0 unspecified atom stereocenters. The molecule has 0 aliphatic carbocycles. The molecule has 0 atom stereocenters. The predicted octanol–water partition coefficient (Wildman–Crippen LogP) is -0.686. The first-order chi connectivity index (χ1) is 7.50. The molecule has 7 heteroatoms. The van der Waals surface area contributed by atoms with Crippen molar-refractivity contribution in [3.05, 3.63) is 18.3 Å². The molecule has 2 rings (SSSR count). The number of carbonyl (C=O) groups is 1. The maximum absolute atomic E-state index is 11.8. The molecule has 1 aromatic rings. The van der Waals surface area contributed by atoms with Crippen LogP contribution in [0.4, 0.5) is 5.82 Å². The molecule has 0 spiro atoms. The first kappa shape index (κ1) is 11.1. The summed E-state index contributed by atoms with van der Waals surface area (Å²) in [6.07, 6.45) is 1.67. The second kappa shape index (κ2) is 3.89. The quantitative estimate of drug-likeness (QED) is 0.573. The molecule has 74 valence electrons. The summed E-state index contributed by atoms with van der Waals surface area (Å²) in [7, 11) is 16.6. The summed E-state index contributed by atoms with van der Waals surface area (Å²) < 4.78 is 5.35. The van der Waals surface area contributed by atoms with E-state index < -0.39 is 5.24 Å². The van der Waals surface area contributed by atoms with E-state index in [-0.39, 0.29) is 24.8 Å². The van der Waals surface area contributed by atoms with Crippen LogP contribution in [0.25, 0.3) is 0 Å². The molecular formula is C9H7B3N2O2. The Labute approximate surface area is 97.6 Å². The lowest BCUT2D eigenvalue weighted by atomic mass is 9.48. The van der Waals surface area contributed by atoms with E-state index in [0.29, 0.717) is 5.75 Å². The molecule has 1 aliphatic rings. The highest BCUT2D eigenvalue weighted by Gasteiger charge is 2.31. The van der Waals surface area contributed by atoms with Gasteiger partial charge in [0.05, 0.1) is 36.6 Å². The summed E-state index contributed by atoms with van der Waals surface area (Å²) in [6, 6.07) is 3.37. The van der Waals surface area contributed by atoms with Gasteiger partial charge in [-0.3, -0.25) is 4.79 Å². The zero-order valence-corrected chi connectivity index (χ0v) is 8.59. The molecular weight excluding hydrogens is 201 g/mol. The van der Waals surface area contributed by atoms with Gasteiger partial charge in [-0.25, -0.2) is 4.98 Å². The predicted molar refractivity (Wildman–Crippen MR) is 61.8 cm³/mol. The Hall–Kier alpha value is -1.39. The number of anilines is 1. The van der Waals surface area contributed by atoms with Gasteiger partial charge in [0.15, 0.2) is 11.6 Å². The highest BCUT2D eigenvalue weighted by Crippen LogP contribution is 2.30. The van der Waals surface area contributed by atoms with Gasteiger partial charge in [-0.05, 0) is 12.1 Å². The molecule has 6 radical (unpaired) electrons. The number of aromatic nitrogens is 1. The number of amides is 1. The summed E-state index contributed by atoms with van der Waals surface area (Å²) in [6.45, 7) is 0.254. The smallest absolute Gasteiger partial charge is 0.230 e. The van der Waals surface area contributed by atoms with Gasteiger partial charge in [-0.1, -0.05) is 5.24 Å². The first-order valence-corrected chi connectivity index (χ1v) is 4.77. The molecule has 0 N–H and O–H groups in total. The SMILES string of the molecule is [B]C([B])([B])N1C(=O)CCOc2cccnc21. The van der Waals surface area contributed by atoms with Gasteiger partial charge in [0.2, 0.25) is 5.91 Å². The maximum Gasteiger partial charge on any atom is 0.230 e. The lowest BCUT2D eigenvalue weighted by Crippen LogP contribution is -2.54. The van der Waals surface area contributed by atoms with E-state index >= 15 is 0 Å². The van der Waals surface area contributed by atoms with Crippen LogP contribution in [0.1, 0.15) is 6.42 Å². The van der Waals surface area contributed by atoms with E-state index in [1.165, 1.54) is 6.20 Å². The number of pyridine rings is 1. The number of hydrogen-bond acceptors (Lipinski definition) is 3. The summed E-state index contributed by atoms with van der Waals surface area (Å²) in [5.41, 5.74) is 0. The third-order valence-corrected chi connectivity index (χ3v) is 2.17. The van der Waals surface area contributed by atoms with Crippen molar-refractivity contribution in [3.8, 4) is 5.75 Å². The highest BCUT2D eigenvalue weighted by atomic mass is 16.5. The Morgan fingerprint density at radius 3 is 2.88 bits per heavy atom. The normalized spacial score (nSPS) is 16.2. The number of ether oxygens (including phenoxy) is 1. The number of hydrogen-bond donors (Lipinski definition) is 0. The van der Waals surface area contributed by atoms with Gasteiger partial charge < -0.3 is 9.64 Å². The van der Waals surface area contributed by atoms with Crippen molar-refractivity contribution < 1.29 is 9.53 Å². The number of carbonyl (C=O) groups excluding carboxylic acids is 1. The van der Waals surface area contributed by atoms with Crippen LogP contribution in [-0.2, 0) is 4.79 Å². The lowest BCUT2D eigenvalue weighted by Gasteiger charge is -2.35. The van der Waals surface area contributed by atoms with Gasteiger partial charge in [-0.15, -0.1) is 0 Å². The minimum atomic E-state index is -1.78. The molecule has 0 aromatic carbocycles. The zero-order valence-electron chi connectivity index (χ0n) is 8.59. The highest BCUT2D eigenvalue weighted by molar-refractivity contribution is 6.62. The average Bonchev–Trinajstić information content (AvgIpc) is 2.34. The largest absolute Gasteiger partial charge is 0.489 e. The second-order valence-electron chi connectivity index (χ2n) is 3.54. The second-order valence-corrected chi connectivity index (χ2v) is 3.54. The molecule has 0 saturated heterocycles. The van der Waals surface area contributed by atoms with E-state index in [0.717, 1.165) is 4.90 Å². The lowest BCUT2D eigenvalue weighted by molar-refractivity contribution is -0.118. The van der Waals surface area contributed by atoms with Crippen molar-refractivity contribution >= 4 is 35.3 Å². The van der Waals surface area contributed by atoms with Gasteiger partial charge in [0.1, 0.15) is 0 Å². The third-order valence-electron chi connectivity index (χ3n) is 2.17. The number of nitrogens with zero attached hydrogens (tertiary/aromatic N) is 2. The first-order valence-electron chi connectivity index (χ1n) is 4.77. The van der Waals surface area contributed by atoms with E-state index in [4.69, 9.17) is 28.3 Å². The summed E-state index contributed by atoms with van der Waals surface area (Å²) in [4.78, 5) is 16.9. The van der Waals surface area contributed by atoms with E-state index in [9.17, 15) is 4.79 Å². The average molecular weight is 208 g/mol. The fraction of sp³-hybridized carbons (Fsp3) is 0.333. The van der Waals surface area contributed by atoms with Crippen molar-refractivity contribution in [2.24, 2.45) is 0 Å². The minimum absolute atomic E-state index is 0.156. The van der Waals surface area contributed by atoms with Crippen molar-refractivity contribution in [1.82, 2.24) is 4.98 Å². The van der Waals surface area contributed by atoms with Crippen LogP contribution in [0.5, 0.6) is 5.75 Å². The van der Waals surface area contributed by atoms with E-state index in [1.54, 1.807) is 12.1 Å².